The maximum absolute atomic E-state index is 12.8. The van der Waals surface area contributed by atoms with Gasteiger partial charge in [-0.1, -0.05) is 36.8 Å². The Balaban J connectivity index is 1.90. The molecule has 2 aliphatic heterocycles. The molecule has 0 spiro atoms. The molecular weight excluding hydrogens is 356 g/mol. The Bertz CT molecular complexity index is 737. The zero-order valence-corrected chi connectivity index (χ0v) is 17.0. The van der Waals surface area contributed by atoms with Crippen LogP contribution in [0.15, 0.2) is 35.5 Å². The molecule has 0 bridgehead atoms. The van der Waals surface area contributed by atoms with Gasteiger partial charge in [0.1, 0.15) is 0 Å². The Morgan fingerprint density at radius 2 is 1.75 bits per heavy atom. The lowest BCUT2D eigenvalue weighted by Crippen LogP contribution is -2.51. The second-order valence-electron chi connectivity index (χ2n) is 7.27. The molecule has 1 atom stereocenters. The fourth-order valence-electron chi connectivity index (χ4n) is 3.69. The lowest BCUT2D eigenvalue weighted by molar-refractivity contribution is -0.139. The highest BCUT2D eigenvalue weighted by atomic mass is 16.5. The first-order valence-corrected chi connectivity index (χ1v) is 10.0. The monoisotopic (exact) mass is 386 g/mol. The van der Waals surface area contributed by atoms with Crippen molar-refractivity contribution in [3.8, 4) is 0 Å². The summed E-state index contributed by atoms with van der Waals surface area (Å²) in [5, 5.41) is 5.75. The van der Waals surface area contributed by atoms with Crippen LogP contribution in [-0.4, -0.2) is 67.7 Å². The quantitative estimate of drug-likeness (QED) is 0.730. The van der Waals surface area contributed by atoms with Crippen molar-refractivity contribution in [2.75, 3.05) is 45.9 Å². The molecule has 0 unspecified atom stereocenters. The highest BCUT2D eigenvalue weighted by molar-refractivity contribution is 5.95. The van der Waals surface area contributed by atoms with Gasteiger partial charge in [-0.05, 0) is 26.0 Å². The van der Waals surface area contributed by atoms with Crippen LogP contribution in [0, 0.1) is 6.92 Å². The third kappa shape index (κ3) is 4.72. The molecule has 28 heavy (non-hydrogen) atoms. The van der Waals surface area contributed by atoms with Gasteiger partial charge in [0, 0.05) is 38.4 Å². The summed E-state index contributed by atoms with van der Waals surface area (Å²) in [6, 6.07) is 7.05. The molecule has 1 aromatic rings. The zero-order chi connectivity index (χ0) is 20.1. The molecule has 7 heteroatoms. The summed E-state index contributed by atoms with van der Waals surface area (Å²) in [6.07, 6.45) is 0. The van der Waals surface area contributed by atoms with Crippen molar-refractivity contribution in [1.29, 1.82) is 0 Å². The molecule has 7 nitrogen and oxygen atoms in total. The van der Waals surface area contributed by atoms with Crippen molar-refractivity contribution in [1.82, 2.24) is 20.4 Å². The molecule has 3 rings (SSSR count). The number of amides is 2. The molecule has 2 aliphatic rings. The average molecular weight is 386 g/mol. The highest BCUT2D eigenvalue weighted by Gasteiger charge is 2.34. The highest BCUT2D eigenvalue weighted by Crippen LogP contribution is 2.28. The molecule has 2 amide bonds. The lowest BCUT2D eigenvalue weighted by atomic mass is 9.94. The molecule has 1 aromatic carbocycles. The topological polar surface area (TPSA) is 73.9 Å². The van der Waals surface area contributed by atoms with E-state index < -0.39 is 6.04 Å². The molecule has 0 aromatic heterocycles. The summed E-state index contributed by atoms with van der Waals surface area (Å²) in [5.74, 6) is -0.386. The van der Waals surface area contributed by atoms with E-state index in [4.69, 9.17) is 4.74 Å². The first kappa shape index (κ1) is 20.4. The van der Waals surface area contributed by atoms with Gasteiger partial charge < -0.3 is 20.3 Å². The minimum Gasteiger partial charge on any atom is -0.463 e. The minimum absolute atomic E-state index is 0.291. The number of carbonyl (C=O) groups excluding carboxylic acids is 2. The van der Waals surface area contributed by atoms with Gasteiger partial charge in [-0.15, -0.1) is 0 Å². The van der Waals surface area contributed by atoms with E-state index in [9.17, 15) is 9.59 Å². The standard InChI is InChI=1S/C21H30N4O3/c1-4-24-10-12-25(13-11-24)14-17-18(20(26)28-5-2)19(23-21(27)22-17)16-8-6-15(3)7-9-16/h6-9,19H,4-5,10-14H2,1-3H3,(H2,22,23,27)/t19-/m1/s1. The smallest absolute Gasteiger partial charge is 0.338 e. The number of hydrogen-bond acceptors (Lipinski definition) is 5. The Morgan fingerprint density at radius 1 is 1.11 bits per heavy atom. The van der Waals surface area contributed by atoms with Gasteiger partial charge in [-0.25, -0.2) is 9.59 Å². The molecule has 1 fully saturated rings. The third-order valence-electron chi connectivity index (χ3n) is 5.35. The van der Waals surface area contributed by atoms with Crippen LogP contribution in [0.2, 0.25) is 0 Å². The van der Waals surface area contributed by atoms with Crippen LogP contribution in [0.4, 0.5) is 4.79 Å². The Labute approximate surface area is 166 Å². The molecule has 0 aliphatic carbocycles. The van der Waals surface area contributed by atoms with Gasteiger partial charge in [0.05, 0.1) is 18.2 Å². The summed E-state index contributed by atoms with van der Waals surface area (Å²) in [7, 11) is 0. The fourth-order valence-corrected chi connectivity index (χ4v) is 3.69. The predicted octanol–water partition coefficient (Wildman–Crippen LogP) is 1.80. The van der Waals surface area contributed by atoms with Crippen LogP contribution in [0.1, 0.15) is 31.0 Å². The predicted molar refractivity (Wildman–Crippen MR) is 108 cm³/mol. The van der Waals surface area contributed by atoms with E-state index in [0.29, 0.717) is 24.4 Å². The summed E-state index contributed by atoms with van der Waals surface area (Å²) >= 11 is 0. The number of aryl methyl sites for hydroxylation is 1. The van der Waals surface area contributed by atoms with Gasteiger partial charge in [0.15, 0.2) is 0 Å². The molecular formula is C21H30N4O3. The Hall–Kier alpha value is -2.38. The molecule has 2 N–H and O–H groups in total. The van der Waals surface area contributed by atoms with Crippen LogP contribution in [0.3, 0.4) is 0 Å². The zero-order valence-electron chi connectivity index (χ0n) is 17.0. The SMILES string of the molecule is CCOC(=O)C1=C(CN2CCN(CC)CC2)NC(=O)N[C@@H]1c1ccc(C)cc1. The molecule has 152 valence electrons. The van der Waals surface area contributed by atoms with Crippen LogP contribution in [-0.2, 0) is 9.53 Å². The lowest BCUT2D eigenvalue weighted by Gasteiger charge is -2.36. The maximum Gasteiger partial charge on any atom is 0.338 e. The van der Waals surface area contributed by atoms with E-state index in [1.165, 1.54) is 0 Å². The number of urea groups is 1. The second-order valence-corrected chi connectivity index (χ2v) is 7.27. The number of likely N-dealkylation sites (N-methyl/N-ethyl adjacent to an activating group) is 1. The number of benzene rings is 1. The number of rotatable bonds is 6. The summed E-state index contributed by atoms with van der Waals surface area (Å²) in [6.45, 7) is 11.6. The van der Waals surface area contributed by atoms with Crippen molar-refractivity contribution in [3.05, 3.63) is 46.7 Å². The van der Waals surface area contributed by atoms with Gasteiger partial charge in [-0.3, -0.25) is 4.90 Å². The second kappa shape index (κ2) is 9.21. The number of hydrogen-bond donors (Lipinski definition) is 2. The van der Waals surface area contributed by atoms with Crippen molar-refractivity contribution < 1.29 is 14.3 Å². The maximum atomic E-state index is 12.8. The van der Waals surface area contributed by atoms with E-state index in [1.807, 2.05) is 31.2 Å². The molecule has 2 heterocycles. The Morgan fingerprint density at radius 3 is 2.36 bits per heavy atom. The molecule has 0 radical (unpaired) electrons. The Kier molecular flexibility index (Phi) is 6.70. The number of piperazine rings is 1. The van der Waals surface area contributed by atoms with Crippen molar-refractivity contribution in [2.45, 2.75) is 26.8 Å². The van der Waals surface area contributed by atoms with Crippen LogP contribution < -0.4 is 10.6 Å². The number of esters is 1. The van der Waals surface area contributed by atoms with Gasteiger partial charge in [0.2, 0.25) is 0 Å². The van der Waals surface area contributed by atoms with Crippen LogP contribution in [0.25, 0.3) is 0 Å². The third-order valence-corrected chi connectivity index (χ3v) is 5.35. The first-order valence-electron chi connectivity index (χ1n) is 10.0. The number of nitrogens with zero attached hydrogens (tertiary/aromatic N) is 2. The van der Waals surface area contributed by atoms with E-state index in [0.717, 1.165) is 43.9 Å². The summed E-state index contributed by atoms with van der Waals surface area (Å²) < 4.78 is 5.33. The van der Waals surface area contributed by atoms with Gasteiger partial charge in [-0.2, -0.15) is 0 Å². The number of ether oxygens (including phenoxy) is 1. The minimum atomic E-state index is -0.514. The average Bonchev–Trinajstić information content (AvgIpc) is 2.69. The van der Waals surface area contributed by atoms with Crippen molar-refractivity contribution in [2.24, 2.45) is 0 Å². The summed E-state index contributed by atoms with van der Waals surface area (Å²) in [4.78, 5) is 29.8. The largest absolute Gasteiger partial charge is 0.463 e. The summed E-state index contributed by atoms with van der Waals surface area (Å²) in [5.41, 5.74) is 3.12. The van der Waals surface area contributed by atoms with E-state index in [1.54, 1.807) is 6.92 Å². The molecule has 0 saturated carbocycles. The van der Waals surface area contributed by atoms with Crippen LogP contribution in [0.5, 0.6) is 0 Å². The van der Waals surface area contributed by atoms with Gasteiger partial charge >= 0.3 is 12.0 Å². The van der Waals surface area contributed by atoms with E-state index in [2.05, 4.69) is 27.4 Å². The number of carbonyl (C=O) groups is 2. The fraction of sp³-hybridized carbons (Fsp3) is 0.524. The van der Waals surface area contributed by atoms with Crippen LogP contribution >= 0.6 is 0 Å². The number of nitrogens with one attached hydrogen (secondary N) is 2. The molecule has 1 saturated heterocycles. The van der Waals surface area contributed by atoms with E-state index in [-0.39, 0.29) is 12.0 Å². The van der Waals surface area contributed by atoms with Gasteiger partial charge in [0.25, 0.3) is 0 Å². The normalized spacial score (nSPS) is 21.2. The van der Waals surface area contributed by atoms with Crippen molar-refractivity contribution >= 4 is 12.0 Å². The van der Waals surface area contributed by atoms with Crippen molar-refractivity contribution in [3.63, 3.8) is 0 Å². The first-order chi connectivity index (χ1) is 13.5. The van der Waals surface area contributed by atoms with E-state index >= 15 is 0 Å².